The Labute approximate surface area is 135 Å². The van der Waals surface area contributed by atoms with Gasteiger partial charge in [-0.05, 0) is 31.4 Å². The van der Waals surface area contributed by atoms with Crippen LogP contribution in [0.1, 0.15) is 30.2 Å². The van der Waals surface area contributed by atoms with Gasteiger partial charge in [0.2, 0.25) is 0 Å². The molecule has 1 aromatic carbocycles. The van der Waals surface area contributed by atoms with Gasteiger partial charge in [0.1, 0.15) is 11.7 Å². The molecule has 4 heteroatoms. The molecule has 3 nitrogen and oxygen atoms in total. The first-order valence-electron chi connectivity index (χ1n) is 7.56. The number of rotatable bonds is 6. The number of benzene rings is 1. The highest BCUT2D eigenvalue weighted by molar-refractivity contribution is 7.10. The first kappa shape index (κ1) is 15.3. The van der Waals surface area contributed by atoms with Crippen LogP contribution in [0.15, 0.2) is 53.9 Å². The van der Waals surface area contributed by atoms with Crippen molar-refractivity contribution in [1.82, 2.24) is 0 Å². The molecular formula is C18H20O3S. The van der Waals surface area contributed by atoms with Crippen LogP contribution in [0, 0.1) is 0 Å². The van der Waals surface area contributed by atoms with Crippen LogP contribution < -0.4 is 0 Å². The average Bonchev–Trinajstić information content (AvgIpc) is 3.17. The third-order valence-electron chi connectivity index (χ3n) is 3.55. The molecule has 1 aromatic heterocycles. The van der Waals surface area contributed by atoms with Crippen molar-refractivity contribution in [2.45, 2.75) is 25.7 Å². The summed E-state index contributed by atoms with van der Waals surface area (Å²) in [5.41, 5.74) is 1.03. The first-order valence-corrected chi connectivity index (χ1v) is 8.44. The minimum Gasteiger partial charge on any atom is -0.438 e. The number of thiophene rings is 1. The van der Waals surface area contributed by atoms with Crippen LogP contribution in [0.2, 0.25) is 0 Å². The molecule has 1 aliphatic rings. The van der Waals surface area contributed by atoms with E-state index in [2.05, 4.69) is 17.5 Å². The summed E-state index contributed by atoms with van der Waals surface area (Å²) in [6, 6.07) is 14.2. The predicted octanol–water partition coefficient (Wildman–Crippen LogP) is 4.63. The van der Waals surface area contributed by atoms with Gasteiger partial charge in [0.25, 0.3) is 0 Å². The average molecular weight is 316 g/mol. The Morgan fingerprint density at radius 1 is 1.05 bits per heavy atom. The third-order valence-corrected chi connectivity index (χ3v) is 4.51. The van der Waals surface area contributed by atoms with Crippen molar-refractivity contribution in [3.8, 4) is 0 Å². The van der Waals surface area contributed by atoms with Gasteiger partial charge in [0.15, 0.2) is 0 Å². The molecule has 0 radical (unpaired) electrons. The molecule has 1 aliphatic heterocycles. The molecule has 0 saturated heterocycles. The summed E-state index contributed by atoms with van der Waals surface area (Å²) in [5.74, 6) is -0.331. The van der Waals surface area contributed by atoms with Gasteiger partial charge >= 0.3 is 5.97 Å². The van der Waals surface area contributed by atoms with E-state index in [0.717, 1.165) is 11.3 Å². The Morgan fingerprint density at radius 3 is 2.36 bits per heavy atom. The quantitative estimate of drug-likeness (QED) is 0.727. The summed E-state index contributed by atoms with van der Waals surface area (Å²) < 4.78 is 18.0. The van der Waals surface area contributed by atoms with Gasteiger partial charge in [-0.15, -0.1) is 11.3 Å². The van der Waals surface area contributed by atoms with Gasteiger partial charge in [0, 0.05) is 10.4 Å². The lowest BCUT2D eigenvalue weighted by atomic mass is 10.0. The van der Waals surface area contributed by atoms with E-state index >= 15 is 0 Å². The van der Waals surface area contributed by atoms with Crippen LogP contribution in [-0.4, -0.2) is 19.2 Å². The van der Waals surface area contributed by atoms with Crippen LogP contribution in [0.5, 0.6) is 0 Å². The van der Waals surface area contributed by atoms with E-state index in [1.165, 1.54) is 4.88 Å². The fourth-order valence-corrected chi connectivity index (χ4v) is 3.50. The van der Waals surface area contributed by atoms with Crippen LogP contribution in [0.3, 0.4) is 0 Å². The summed E-state index contributed by atoms with van der Waals surface area (Å²) in [6.45, 7) is 4.96. The lowest BCUT2D eigenvalue weighted by Crippen LogP contribution is -2.41. The molecule has 0 saturated carbocycles. The van der Waals surface area contributed by atoms with E-state index < -0.39 is 5.97 Å². The fraction of sp³-hybridized carbons (Fsp3) is 0.333. The number of hydrogen-bond donors (Lipinski definition) is 0. The molecule has 22 heavy (non-hydrogen) atoms. The highest BCUT2D eigenvalue weighted by atomic mass is 32.1. The molecule has 116 valence electrons. The smallest absolute Gasteiger partial charge is 0.338 e. The van der Waals surface area contributed by atoms with Gasteiger partial charge in [-0.2, -0.15) is 0 Å². The maximum Gasteiger partial charge on any atom is 0.338 e. The maximum atomic E-state index is 6.18. The standard InChI is InChI=1S/C18H20O3S/c1-3-19-18(20-4-2)15(17-11-8-12-22-17)13-16(21-18)14-9-6-5-7-10-14/h5-13,15H,3-4H2,1-2H3. The summed E-state index contributed by atoms with van der Waals surface area (Å²) in [6.07, 6.45) is 2.10. The molecule has 1 atom stereocenters. The zero-order chi connectivity index (χ0) is 15.4. The summed E-state index contributed by atoms with van der Waals surface area (Å²) in [4.78, 5) is 1.17. The van der Waals surface area contributed by atoms with E-state index in [0.29, 0.717) is 13.2 Å². The normalized spacial score (nSPS) is 19.7. The summed E-state index contributed by atoms with van der Waals surface area (Å²) >= 11 is 1.69. The zero-order valence-electron chi connectivity index (χ0n) is 12.8. The fourth-order valence-electron chi connectivity index (χ4n) is 2.67. The lowest BCUT2D eigenvalue weighted by molar-refractivity contribution is -0.351. The third kappa shape index (κ3) is 2.82. The highest BCUT2D eigenvalue weighted by Gasteiger charge is 2.49. The zero-order valence-corrected chi connectivity index (χ0v) is 13.6. The van der Waals surface area contributed by atoms with Crippen molar-refractivity contribution >= 4 is 17.1 Å². The van der Waals surface area contributed by atoms with Crippen LogP contribution in [-0.2, 0) is 14.2 Å². The highest BCUT2D eigenvalue weighted by Crippen LogP contribution is 2.46. The van der Waals surface area contributed by atoms with Crippen molar-refractivity contribution in [2.24, 2.45) is 0 Å². The van der Waals surface area contributed by atoms with E-state index in [4.69, 9.17) is 14.2 Å². The Balaban J connectivity index is 2.00. The molecule has 2 heterocycles. The molecular weight excluding hydrogens is 296 g/mol. The number of ether oxygens (including phenoxy) is 3. The van der Waals surface area contributed by atoms with E-state index in [9.17, 15) is 0 Å². The SMILES string of the molecule is CCOC1(OCC)OC(c2ccccc2)=CC1c1cccs1. The molecule has 0 aliphatic carbocycles. The van der Waals surface area contributed by atoms with Crippen molar-refractivity contribution in [2.75, 3.05) is 13.2 Å². The van der Waals surface area contributed by atoms with Gasteiger partial charge in [-0.25, -0.2) is 0 Å². The number of hydrogen-bond acceptors (Lipinski definition) is 4. The van der Waals surface area contributed by atoms with Crippen LogP contribution >= 0.6 is 11.3 Å². The maximum absolute atomic E-state index is 6.18. The molecule has 1 unspecified atom stereocenters. The summed E-state index contributed by atoms with van der Waals surface area (Å²) in [7, 11) is 0. The minimum absolute atomic E-state index is 0.0670. The first-order chi connectivity index (χ1) is 10.8. The Hall–Kier alpha value is -1.62. The molecule has 0 amide bonds. The van der Waals surface area contributed by atoms with Crippen LogP contribution in [0.4, 0.5) is 0 Å². The van der Waals surface area contributed by atoms with Crippen molar-refractivity contribution in [3.05, 3.63) is 64.4 Å². The molecule has 0 N–H and O–H groups in total. The molecule has 0 fully saturated rings. The largest absolute Gasteiger partial charge is 0.438 e. The second kappa shape index (κ2) is 6.65. The van der Waals surface area contributed by atoms with Gasteiger partial charge in [0.05, 0.1) is 13.2 Å². The molecule has 0 bridgehead atoms. The second-order valence-corrected chi connectivity index (χ2v) is 5.94. The van der Waals surface area contributed by atoms with Crippen molar-refractivity contribution in [3.63, 3.8) is 0 Å². The topological polar surface area (TPSA) is 27.7 Å². The lowest BCUT2D eigenvalue weighted by Gasteiger charge is -2.33. The van der Waals surface area contributed by atoms with Crippen LogP contribution in [0.25, 0.3) is 5.76 Å². The Kier molecular flexibility index (Phi) is 4.62. The van der Waals surface area contributed by atoms with Crippen molar-refractivity contribution < 1.29 is 14.2 Å². The Bertz CT molecular complexity index is 613. The van der Waals surface area contributed by atoms with E-state index in [1.54, 1.807) is 11.3 Å². The van der Waals surface area contributed by atoms with Gasteiger partial charge in [-0.1, -0.05) is 36.4 Å². The Morgan fingerprint density at radius 2 is 1.77 bits per heavy atom. The van der Waals surface area contributed by atoms with E-state index in [1.807, 2.05) is 50.2 Å². The monoisotopic (exact) mass is 316 g/mol. The van der Waals surface area contributed by atoms with E-state index in [-0.39, 0.29) is 5.92 Å². The summed E-state index contributed by atoms with van der Waals surface area (Å²) in [5, 5.41) is 2.06. The predicted molar refractivity (Wildman–Crippen MR) is 88.5 cm³/mol. The second-order valence-electron chi connectivity index (χ2n) is 4.96. The van der Waals surface area contributed by atoms with Gasteiger partial charge in [-0.3, -0.25) is 0 Å². The van der Waals surface area contributed by atoms with Crippen molar-refractivity contribution in [1.29, 1.82) is 0 Å². The van der Waals surface area contributed by atoms with Gasteiger partial charge < -0.3 is 14.2 Å². The molecule has 2 aromatic rings. The molecule has 0 spiro atoms. The molecule has 3 rings (SSSR count). The minimum atomic E-state index is -1.07.